The van der Waals surface area contributed by atoms with Crippen molar-refractivity contribution in [1.82, 2.24) is 15.1 Å². The van der Waals surface area contributed by atoms with Crippen LogP contribution in [0.1, 0.15) is 37.1 Å². The van der Waals surface area contributed by atoms with Gasteiger partial charge < -0.3 is 10.2 Å². The van der Waals surface area contributed by atoms with E-state index in [4.69, 9.17) is 10.2 Å². The second kappa shape index (κ2) is 4.06. The van der Waals surface area contributed by atoms with Crippen molar-refractivity contribution in [3.63, 3.8) is 0 Å². The van der Waals surface area contributed by atoms with Gasteiger partial charge in [0.2, 0.25) is 11.8 Å². The highest BCUT2D eigenvalue weighted by atomic mass is 16.4. The van der Waals surface area contributed by atoms with E-state index in [0.717, 1.165) is 13.0 Å². The lowest BCUT2D eigenvalue weighted by atomic mass is 10.0. The molecule has 0 spiro atoms. The van der Waals surface area contributed by atoms with E-state index in [1.165, 1.54) is 12.8 Å². The molecule has 2 rings (SSSR count). The second-order valence-electron chi connectivity index (χ2n) is 3.73. The molecule has 2 N–H and O–H groups in total. The average molecular weight is 196 g/mol. The van der Waals surface area contributed by atoms with E-state index in [2.05, 4.69) is 22.1 Å². The Kier molecular flexibility index (Phi) is 2.79. The number of aromatic nitrogens is 2. The van der Waals surface area contributed by atoms with Gasteiger partial charge in [0.05, 0.1) is 12.6 Å². The van der Waals surface area contributed by atoms with Gasteiger partial charge in [-0.25, -0.2) is 0 Å². The van der Waals surface area contributed by atoms with Crippen LogP contribution in [0.2, 0.25) is 0 Å². The molecule has 0 aromatic carbocycles. The Morgan fingerprint density at radius 3 is 3.00 bits per heavy atom. The number of rotatable bonds is 2. The Hall–Kier alpha value is -0.940. The topological polar surface area (TPSA) is 68.2 Å². The summed E-state index contributed by atoms with van der Waals surface area (Å²) >= 11 is 0. The molecule has 78 valence electrons. The molecule has 0 amide bonds. The number of nitrogens with two attached hydrogens (primary N) is 1. The van der Waals surface area contributed by atoms with Crippen molar-refractivity contribution in [2.45, 2.75) is 31.8 Å². The summed E-state index contributed by atoms with van der Waals surface area (Å²) in [5.41, 5.74) is 5.42. The summed E-state index contributed by atoms with van der Waals surface area (Å²) in [7, 11) is 2.09. The van der Waals surface area contributed by atoms with Crippen LogP contribution in [0.4, 0.5) is 0 Å². The minimum atomic E-state index is 0.288. The first-order valence-electron chi connectivity index (χ1n) is 5.04. The molecule has 1 fully saturated rings. The SMILES string of the molecule is CN1CCCC[C@H]1c1nnc(CN)o1. The van der Waals surface area contributed by atoms with Crippen LogP contribution in [0, 0.1) is 0 Å². The standard InChI is InChI=1S/C9H16N4O/c1-13-5-3-2-4-7(13)9-12-11-8(6-10)14-9/h7H,2-6,10H2,1H3/t7-/m0/s1. The molecule has 0 bridgehead atoms. The van der Waals surface area contributed by atoms with Crippen molar-refractivity contribution in [3.05, 3.63) is 11.8 Å². The minimum absolute atomic E-state index is 0.288. The molecule has 1 aliphatic rings. The molecule has 0 saturated carbocycles. The van der Waals surface area contributed by atoms with Gasteiger partial charge >= 0.3 is 0 Å². The summed E-state index contributed by atoms with van der Waals surface area (Å²) in [6.45, 7) is 1.43. The Bertz CT molecular complexity index is 299. The monoisotopic (exact) mass is 196 g/mol. The summed E-state index contributed by atoms with van der Waals surface area (Å²) in [5.74, 6) is 1.24. The molecular weight excluding hydrogens is 180 g/mol. The number of hydrogen-bond donors (Lipinski definition) is 1. The van der Waals surface area contributed by atoms with Gasteiger partial charge in [0, 0.05) is 0 Å². The Balaban J connectivity index is 2.12. The first-order chi connectivity index (χ1) is 6.81. The molecule has 1 aliphatic heterocycles. The fraction of sp³-hybridized carbons (Fsp3) is 0.778. The van der Waals surface area contributed by atoms with Gasteiger partial charge in [0.15, 0.2) is 0 Å². The van der Waals surface area contributed by atoms with E-state index in [-0.39, 0.29) is 6.04 Å². The van der Waals surface area contributed by atoms with Gasteiger partial charge in [-0.15, -0.1) is 10.2 Å². The van der Waals surface area contributed by atoms with Crippen LogP contribution < -0.4 is 5.73 Å². The van der Waals surface area contributed by atoms with Crippen molar-refractivity contribution in [2.24, 2.45) is 5.73 Å². The number of hydrogen-bond acceptors (Lipinski definition) is 5. The molecule has 1 saturated heterocycles. The van der Waals surface area contributed by atoms with Crippen LogP contribution in [0.3, 0.4) is 0 Å². The van der Waals surface area contributed by atoms with Gasteiger partial charge in [-0.3, -0.25) is 4.90 Å². The summed E-state index contributed by atoms with van der Waals surface area (Å²) in [5, 5.41) is 7.90. The number of piperidine rings is 1. The van der Waals surface area contributed by atoms with Crippen LogP contribution in [0.15, 0.2) is 4.42 Å². The van der Waals surface area contributed by atoms with Crippen LogP contribution in [-0.4, -0.2) is 28.7 Å². The van der Waals surface area contributed by atoms with Gasteiger partial charge in [-0.2, -0.15) is 0 Å². The van der Waals surface area contributed by atoms with Crippen LogP contribution >= 0.6 is 0 Å². The largest absolute Gasteiger partial charge is 0.422 e. The maximum atomic E-state index is 5.45. The summed E-state index contributed by atoms with van der Waals surface area (Å²) in [6, 6.07) is 0.288. The Labute approximate surface area is 83.3 Å². The molecule has 1 atom stereocenters. The molecule has 14 heavy (non-hydrogen) atoms. The molecule has 0 aliphatic carbocycles. The highest BCUT2D eigenvalue weighted by molar-refractivity contribution is 4.92. The van der Waals surface area contributed by atoms with Crippen LogP contribution in [0.5, 0.6) is 0 Å². The fourth-order valence-electron chi connectivity index (χ4n) is 1.87. The Morgan fingerprint density at radius 2 is 2.36 bits per heavy atom. The number of nitrogens with zero attached hydrogens (tertiary/aromatic N) is 3. The predicted molar refractivity (Wildman–Crippen MR) is 51.4 cm³/mol. The van der Waals surface area contributed by atoms with E-state index in [0.29, 0.717) is 18.3 Å². The fourth-order valence-corrected chi connectivity index (χ4v) is 1.87. The van der Waals surface area contributed by atoms with Crippen molar-refractivity contribution < 1.29 is 4.42 Å². The molecule has 1 aromatic rings. The van der Waals surface area contributed by atoms with Crippen molar-refractivity contribution >= 4 is 0 Å². The van der Waals surface area contributed by atoms with E-state index < -0.39 is 0 Å². The maximum Gasteiger partial charge on any atom is 0.233 e. The van der Waals surface area contributed by atoms with Gasteiger partial charge in [-0.1, -0.05) is 6.42 Å². The highest BCUT2D eigenvalue weighted by Gasteiger charge is 2.25. The summed E-state index contributed by atoms with van der Waals surface area (Å²) in [6.07, 6.45) is 3.59. The lowest BCUT2D eigenvalue weighted by molar-refractivity contribution is 0.157. The molecule has 5 heteroatoms. The molecular formula is C9H16N4O. The first-order valence-corrected chi connectivity index (χ1v) is 5.04. The zero-order valence-electron chi connectivity index (χ0n) is 8.44. The van der Waals surface area contributed by atoms with E-state index in [1.807, 2.05) is 0 Å². The van der Waals surface area contributed by atoms with Gasteiger partial charge in [0.25, 0.3) is 0 Å². The van der Waals surface area contributed by atoms with Crippen molar-refractivity contribution in [2.75, 3.05) is 13.6 Å². The zero-order chi connectivity index (χ0) is 9.97. The average Bonchev–Trinajstić information content (AvgIpc) is 2.67. The zero-order valence-corrected chi connectivity index (χ0v) is 8.44. The third-order valence-corrected chi connectivity index (χ3v) is 2.71. The lowest BCUT2D eigenvalue weighted by Crippen LogP contribution is -2.29. The third-order valence-electron chi connectivity index (χ3n) is 2.71. The summed E-state index contributed by atoms with van der Waals surface area (Å²) in [4.78, 5) is 2.26. The lowest BCUT2D eigenvalue weighted by Gasteiger charge is -2.29. The molecule has 0 unspecified atom stereocenters. The second-order valence-corrected chi connectivity index (χ2v) is 3.73. The Morgan fingerprint density at radius 1 is 1.50 bits per heavy atom. The van der Waals surface area contributed by atoms with E-state index in [9.17, 15) is 0 Å². The molecule has 0 radical (unpaired) electrons. The summed E-state index contributed by atoms with van der Waals surface area (Å²) < 4.78 is 5.45. The maximum absolute atomic E-state index is 5.45. The van der Waals surface area contributed by atoms with E-state index in [1.54, 1.807) is 0 Å². The minimum Gasteiger partial charge on any atom is -0.422 e. The van der Waals surface area contributed by atoms with Crippen LogP contribution in [-0.2, 0) is 6.54 Å². The van der Waals surface area contributed by atoms with Crippen LogP contribution in [0.25, 0.3) is 0 Å². The first kappa shape index (κ1) is 9.61. The smallest absolute Gasteiger partial charge is 0.233 e. The number of likely N-dealkylation sites (tertiary alicyclic amines) is 1. The van der Waals surface area contributed by atoms with Crippen molar-refractivity contribution in [3.8, 4) is 0 Å². The quantitative estimate of drug-likeness (QED) is 0.753. The van der Waals surface area contributed by atoms with Gasteiger partial charge in [0.1, 0.15) is 0 Å². The van der Waals surface area contributed by atoms with Gasteiger partial charge in [-0.05, 0) is 26.4 Å². The normalized spacial score (nSPS) is 24.0. The highest BCUT2D eigenvalue weighted by Crippen LogP contribution is 2.28. The molecule has 5 nitrogen and oxygen atoms in total. The third kappa shape index (κ3) is 1.78. The van der Waals surface area contributed by atoms with E-state index >= 15 is 0 Å². The van der Waals surface area contributed by atoms with Crippen molar-refractivity contribution in [1.29, 1.82) is 0 Å². The predicted octanol–water partition coefficient (Wildman–Crippen LogP) is 0.685. The molecule has 2 heterocycles. The molecule has 1 aromatic heterocycles.